The van der Waals surface area contributed by atoms with Crippen LogP contribution in [0.15, 0.2) is 41.3 Å². The van der Waals surface area contributed by atoms with Gasteiger partial charge in [-0.2, -0.15) is 4.31 Å². The number of rotatable bonds is 7. The molecule has 1 amide bonds. The van der Waals surface area contributed by atoms with E-state index >= 15 is 0 Å². The van der Waals surface area contributed by atoms with E-state index in [0.29, 0.717) is 37.6 Å². The van der Waals surface area contributed by atoms with Crippen molar-refractivity contribution in [2.24, 2.45) is 0 Å². The summed E-state index contributed by atoms with van der Waals surface area (Å²) in [5.74, 6) is -0.205. The first kappa shape index (κ1) is 24.8. The molecular weight excluding hydrogens is 468 g/mol. The summed E-state index contributed by atoms with van der Waals surface area (Å²) in [6.45, 7) is 7.43. The van der Waals surface area contributed by atoms with Crippen LogP contribution in [0.5, 0.6) is 0 Å². The number of hydrogen-bond acceptors (Lipinski definition) is 6. The van der Waals surface area contributed by atoms with Gasteiger partial charge >= 0.3 is 0 Å². The van der Waals surface area contributed by atoms with Gasteiger partial charge in [-0.15, -0.1) is 0 Å². The molecule has 1 aliphatic rings. The highest BCUT2D eigenvalue weighted by atomic mass is 32.2. The van der Waals surface area contributed by atoms with E-state index in [9.17, 15) is 13.2 Å². The molecule has 1 aromatic heterocycles. The normalized spacial score (nSPS) is 17.1. The number of fused-ring (bicyclic) bond motifs is 1. The molecular formula is C25H32N4O3S2. The van der Waals surface area contributed by atoms with Gasteiger partial charge in [-0.25, -0.2) is 13.4 Å². The van der Waals surface area contributed by atoms with Gasteiger partial charge < -0.3 is 4.90 Å². The summed E-state index contributed by atoms with van der Waals surface area (Å²) in [7, 11) is 0.138. The van der Waals surface area contributed by atoms with Gasteiger partial charge in [0.1, 0.15) is 6.04 Å². The van der Waals surface area contributed by atoms with E-state index in [4.69, 9.17) is 4.98 Å². The third kappa shape index (κ3) is 4.88. The van der Waals surface area contributed by atoms with Crippen molar-refractivity contribution in [3.05, 3.63) is 53.1 Å². The van der Waals surface area contributed by atoms with Crippen LogP contribution in [0.4, 0.5) is 5.13 Å². The highest BCUT2D eigenvalue weighted by molar-refractivity contribution is 7.89. The molecule has 3 aromatic rings. The molecule has 1 unspecified atom stereocenters. The number of nitrogens with zero attached hydrogens (tertiary/aromatic N) is 4. The highest BCUT2D eigenvalue weighted by Crippen LogP contribution is 2.34. The first-order chi connectivity index (χ1) is 16.1. The molecule has 0 radical (unpaired) electrons. The number of carbonyl (C=O) groups excluding carboxylic acids is 1. The van der Waals surface area contributed by atoms with Gasteiger partial charge in [0.05, 0.1) is 15.1 Å². The second kappa shape index (κ2) is 9.73. The lowest BCUT2D eigenvalue weighted by molar-refractivity contribution is -0.121. The van der Waals surface area contributed by atoms with Gasteiger partial charge in [0.15, 0.2) is 5.13 Å². The van der Waals surface area contributed by atoms with Crippen LogP contribution in [0.1, 0.15) is 29.5 Å². The molecule has 7 nitrogen and oxygen atoms in total. The number of aryl methyl sites for hydroxylation is 3. The average molecular weight is 501 g/mol. The third-order valence-electron chi connectivity index (χ3n) is 6.20. The molecule has 1 saturated heterocycles. The van der Waals surface area contributed by atoms with Crippen molar-refractivity contribution in [1.82, 2.24) is 14.2 Å². The largest absolute Gasteiger partial charge is 0.308 e. The molecule has 2 heterocycles. The molecule has 0 spiro atoms. The molecule has 1 atom stereocenters. The van der Waals surface area contributed by atoms with Gasteiger partial charge in [-0.3, -0.25) is 9.69 Å². The fourth-order valence-corrected chi connectivity index (χ4v) is 7.20. The second-order valence-corrected chi connectivity index (χ2v) is 12.2. The van der Waals surface area contributed by atoms with Crippen molar-refractivity contribution in [3.63, 3.8) is 0 Å². The number of likely N-dealkylation sites (N-methyl/N-ethyl adjacent to an activating group) is 1. The van der Waals surface area contributed by atoms with E-state index in [1.165, 1.54) is 15.6 Å². The van der Waals surface area contributed by atoms with Crippen LogP contribution in [0, 0.1) is 20.8 Å². The predicted molar refractivity (Wildman–Crippen MR) is 138 cm³/mol. The Balaban J connectivity index is 1.70. The maximum atomic E-state index is 13.9. The molecule has 4 rings (SSSR count). The van der Waals surface area contributed by atoms with Crippen LogP contribution in [0.3, 0.4) is 0 Å². The summed E-state index contributed by atoms with van der Waals surface area (Å²) in [6, 6.07) is 10.2. The second-order valence-electron chi connectivity index (χ2n) is 9.30. The Morgan fingerprint density at radius 2 is 1.79 bits per heavy atom. The number of aromatic nitrogens is 1. The number of sulfonamides is 1. The predicted octanol–water partition coefficient (Wildman–Crippen LogP) is 3.97. The van der Waals surface area contributed by atoms with E-state index < -0.39 is 16.1 Å². The fourth-order valence-electron chi connectivity index (χ4n) is 4.37. The third-order valence-corrected chi connectivity index (χ3v) is 9.15. The highest BCUT2D eigenvalue weighted by Gasteiger charge is 2.42. The fraction of sp³-hybridized carbons (Fsp3) is 0.440. The first-order valence-electron chi connectivity index (χ1n) is 11.5. The standard InChI is InChI=1S/C25H32N4O3S2/c1-17-8-10-20(11-9-17)34(31,32)29-12-6-7-21(29)24(30)28(14-13-27(4)5)25-26-23-19(3)15-18(2)16-22(23)33-25/h8-11,15-16,21H,6-7,12-14H2,1-5H3. The Morgan fingerprint density at radius 1 is 1.09 bits per heavy atom. The quantitative estimate of drug-likeness (QED) is 0.491. The summed E-state index contributed by atoms with van der Waals surface area (Å²) < 4.78 is 29.3. The smallest absolute Gasteiger partial charge is 0.247 e. The number of thiazole rings is 1. The summed E-state index contributed by atoms with van der Waals surface area (Å²) in [6.07, 6.45) is 1.16. The maximum absolute atomic E-state index is 13.9. The molecule has 182 valence electrons. The topological polar surface area (TPSA) is 73.8 Å². The minimum absolute atomic E-state index is 0.205. The van der Waals surface area contributed by atoms with E-state index in [1.807, 2.05) is 39.8 Å². The zero-order chi connectivity index (χ0) is 24.6. The summed E-state index contributed by atoms with van der Waals surface area (Å²) >= 11 is 1.49. The number of benzene rings is 2. The minimum atomic E-state index is -3.78. The van der Waals surface area contributed by atoms with Crippen LogP contribution in [0.2, 0.25) is 0 Å². The van der Waals surface area contributed by atoms with Crippen molar-refractivity contribution in [3.8, 4) is 0 Å². The number of anilines is 1. The molecule has 0 bridgehead atoms. The van der Waals surface area contributed by atoms with Crippen molar-refractivity contribution >= 4 is 42.6 Å². The van der Waals surface area contributed by atoms with E-state index in [2.05, 4.69) is 12.1 Å². The van der Waals surface area contributed by atoms with E-state index in [-0.39, 0.29) is 10.8 Å². The monoisotopic (exact) mass is 500 g/mol. The lowest BCUT2D eigenvalue weighted by atomic mass is 10.1. The summed E-state index contributed by atoms with van der Waals surface area (Å²) in [5, 5.41) is 0.620. The van der Waals surface area contributed by atoms with Gasteiger partial charge in [0.2, 0.25) is 15.9 Å². The van der Waals surface area contributed by atoms with Gasteiger partial charge in [0.25, 0.3) is 0 Å². The summed E-state index contributed by atoms with van der Waals surface area (Å²) in [4.78, 5) is 22.6. The van der Waals surface area contributed by atoms with Gasteiger partial charge in [0, 0.05) is 19.6 Å². The number of hydrogen-bond donors (Lipinski definition) is 0. The molecule has 1 fully saturated rings. The molecule has 1 aliphatic heterocycles. The minimum Gasteiger partial charge on any atom is -0.308 e. The zero-order valence-corrected chi connectivity index (χ0v) is 22.0. The average Bonchev–Trinajstić information content (AvgIpc) is 3.42. The maximum Gasteiger partial charge on any atom is 0.247 e. The van der Waals surface area contributed by atoms with Crippen LogP contribution in [0.25, 0.3) is 10.2 Å². The van der Waals surface area contributed by atoms with Crippen LogP contribution < -0.4 is 4.90 Å². The molecule has 0 aliphatic carbocycles. The van der Waals surface area contributed by atoms with Crippen molar-refractivity contribution < 1.29 is 13.2 Å². The van der Waals surface area contributed by atoms with Crippen LogP contribution in [-0.4, -0.2) is 68.3 Å². The van der Waals surface area contributed by atoms with Crippen molar-refractivity contribution in [1.29, 1.82) is 0 Å². The Hall–Kier alpha value is -2.33. The Kier molecular flexibility index (Phi) is 7.09. The number of amides is 1. The lowest BCUT2D eigenvalue weighted by Gasteiger charge is -2.29. The Bertz CT molecular complexity index is 1300. The SMILES string of the molecule is Cc1ccc(S(=O)(=O)N2CCCC2C(=O)N(CCN(C)C)c2nc3c(C)cc(C)cc3s2)cc1. The molecule has 0 saturated carbocycles. The number of carbonyl (C=O) groups is 1. The van der Waals surface area contributed by atoms with Gasteiger partial charge in [-0.1, -0.05) is 35.1 Å². The zero-order valence-electron chi connectivity index (χ0n) is 20.4. The van der Waals surface area contributed by atoms with Crippen LogP contribution in [-0.2, 0) is 14.8 Å². The van der Waals surface area contributed by atoms with Crippen molar-refractivity contribution in [2.75, 3.05) is 38.6 Å². The molecule has 0 N–H and O–H groups in total. The Labute approximate surface area is 206 Å². The van der Waals surface area contributed by atoms with Gasteiger partial charge in [-0.05, 0) is 77.0 Å². The first-order valence-corrected chi connectivity index (χ1v) is 13.8. The molecule has 34 heavy (non-hydrogen) atoms. The molecule has 9 heteroatoms. The summed E-state index contributed by atoms with van der Waals surface area (Å²) in [5.41, 5.74) is 4.10. The lowest BCUT2D eigenvalue weighted by Crippen LogP contribution is -2.49. The molecule has 2 aromatic carbocycles. The van der Waals surface area contributed by atoms with Crippen molar-refractivity contribution in [2.45, 2.75) is 44.6 Å². The Morgan fingerprint density at radius 3 is 2.47 bits per heavy atom. The van der Waals surface area contributed by atoms with Crippen LogP contribution >= 0.6 is 11.3 Å². The van der Waals surface area contributed by atoms with E-state index in [0.717, 1.165) is 26.9 Å². The van der Waals surface area contributed by atoms with E-state index in [1.54, 1.807) is 29.2 Å².